The third kappa shape index (κ3) is 4.92. The summed E-state index contributed by atoms with van der Waals surface area (Å²) in [6.45, 7) is 5.14. The highest BCUT2D eigenvalue weighted by Gasteiger charge is 2.28. The predicted molar refractivity (Wildman–Crippen MR) is 124 cm³/mol. The van der Waals surface area contributed by atoms with Crippen LogP contribution in [0.3, 0.4) is 0 Å². The molecule has 2 aromatic carbocycles. The lowest BCUT2D eigenvalue weighted by Gasteiger charge is -2.35. The van der Waals surface area contributed by atoms with E-state index in [4.69, 9.17) is 0 Å². The van der Waals surface area contributed by atoms with E-state index in [1.165, 1.54) is 39.7 Å². The number of nitrogens with one attached hydrogen (secondary N) is 1. The Hall–Kier alpha value is -1.78. The van der Waals surface area contributed by atoms with E-state index in [1.807, 2.05) is 6.07 Å². The summed E-state index contributed by atoms with van der Waals surface area (Å²) >= 11 is 0. The number of fused-ring (bicyclic) bond motifs is 1. The molecule has 32 heavy (non-hydrogen) atoms. The molecule has 2 aromatic rings. The first-order valence-corrected chi connectivity index (χ1v) is 14.1. The molecular weight excluding hydrogens is 446 g/mol. The molecule has 0 amide bonds. The highest BCUT2D eigenvalue weighted by molar-refractivity contribution is 7.89. The van der Waals surface area contributed by atoms with Crippen molar-refractivity contribution in [3.8, 4) is 0 Å². The SMILES string of the molecule is CCC(CNS(=O)(=O)c1ccc(S(=O)(=O)N2CCCC2)cc1)N1CCc2ccccc2C1. The van der Waals surface area contributed by atoms with E-state index in [9.17, 15) is 16.8 Å². The van der Waals surface area contributed by atoms with Crippen molar-refractivity contribution in [3.63, 3.8) is 0 Å². The van der Waals surface area contributed by atoms with Crippen LogP contribution in [0.5, 0.6) is 0 Å². The van der Waals surface area contributed by atoms with Crippen molar-refractivity contribution in [3.05, 3.63) is 59.7 Å². The molecule has 1 fully saturated rings. The maximum Gasteiger partial charge on any atom is 0.243 e. The van der Waals surface area contributed by atoms with Gasteiger partial charge < -0.3 is 0 Å². The molecule has 9 heteroatoms. The van der Waals surface area contributed by atoms with Gasteiger partial charge in [-0.3, -0.25) is 4.90 Å². The summed E-state index contributed by atoms with van der Waals surface area (Å²) in [5.74, 6) is 0. The number of rotatable bonds is 8. The summed E-state index contributed by atoms with van der Waals surface area (Å²) in [7, 11) is -7.29. The summed E-state index contributed by atoms with van der Waals surface area (Å²) in [6, 6.07) is 14.0. The molecule has 0 saturated carbocycles. The Morgan fingerprint density at radius 3 is 2.16 bits per heavy atom. The third-order valence-electron chi connectivity index (χ3n) is 6.49. The molecule has 1 N–H and O–H groups in total. The zero-order valence-electron chi connectivity index (χ0n) is 18.4. The van der Waals surface area contributed by atoms with Crippen LogP contribution in [0.2, 0.25) is 0 Å². The molecule has 7 nitrogen and oxygen atoms in total. The monoisotopic (exact) mass is 477 g/mol. The van der Waals surface area contributed by atoms with Crippen molar-refractivity contribution in [2.45, 2.75) is 55.0 Å². The van der Waals surface area contributed by atoms with E-state index in [0.29, 0.717) is 19.6 Å². The van der Waals surface area contributed by atoms with Gasteiger partial charge in [-0.1, -0.05) is 31.2 Å². The molecule has 1 atom stereocenters. The highest BCUT2D eigenvalue weighted by Crippen LogP contribution is 2.23. The average Bonchev–Trinajstić information content (AvgIpc) is 3.35. The van der Waals surface area contributed by atoms with Crippen LogP contribution in [0.15, 0.2) is 58.3 Å². The molecule has 2 aliphatic heterocycles. The van der Waals surface area contributed by atoms with Gasteiger partial charge in [-0.25, -0.2) is 21.6 Å². The van der Waals surface area contributed by atoms with Crippen LogP contribution in [-0.2, 0) is 33.0 Å². The first-order valence-electron chi connectivity index (χ1n) is 11.2. The molecular formula is C23H31N3O4S2. The summed E-state index contributed by atoms with van der Waals surface area (Å²) in [5.41, 5.74) is 2.66. The quantitative estimate of drug-likeness (QED) is 0.632. The second kappa shape index (κ2) is 9.61. The molecule has 0 aromatic heterocycles. The van der Waals surface area contributed by atoms with Gasteiger partial charge in [0, 0.05) is 38.8 Å². The minimum atomic E-state index is -3.73. The van der Waals surface area contributed by atoms with E-state index in [-0.39, 0.29) is 15.8 Å². The Bertz CT molecular complexity index is 1140. The van der Waals surface area contributed by atoms with Gasteiger partial charge in [0.05, 0.1) is 9.79 Å². The molecule has 1 unspecified atom stereocenters. The Morgan fingerprint density at radius 1 is 0.875 bits per heavy atom. The topological polar surface area (TPSA) is 86.8 Å². The molecule has 2 heterocycles. The van der Waals surface area contributed by atoms with Crippen LogP contribution >= 0.6 is 0 Å². The van der Waals surface area contributed by atoms with Crippen LogP contribution in [-0.4, -0.2) is 58.3 Å². The second-order valence-corrected chi connectivity index (χ2v) is 12.2. The summed E-state index contributed by atoms with van der Waals surface area (Å²) in [5, 5.41) is 0. The van der Waals surface area contributed by atoms with Crippen molar-refractivity contribution in [2.24, 2.45) is 0 Å². The lowest BCUT2D eigenvalue weighted by atomic mass is 9.98. The van der Waals surface area contributed by atoms with Gasteiger partial charge in [0.25, 0.3) is 0 Å². The fourth-order valence-corrected chi connectivity index (χ4v) is 7.11. The van der Waals surface area contributed by atoms with Gasteiger partial charge >= 0.3 is 0 Å². The maximum absolute atomic E-state index is 12.9. The molecule has 0 bridgehead atoms. The molecule has 0 aliphatic carbocycles. The standard InChI is InChI=1S/C23H31N3O4S2/c1-2-21(25-16-13-19-7-3-4-8-20(19)18-25)17-24-31(27,28)22-9-11-23(12-10-22)32(29,30)26-14-5-6-15-26/h3-4,7-12,21,24H,2,5-6,13-18H2,1H3. The smallest absolute Gasteiger partial charge is 0.243 e. The summed E-state index contributed by atoms with van der Waals surface area (Å²) < 4.78 is 55.2. The minimum absolute atomic E-state index is 0.0803. The summed E-state index contributed by atoms with van der Waals surface area (Å²) in [6.07, 6.45) is 3.51. The van der Waals surface area contributed by atoms with E-state index < -0.39 is 20.0 Å². The van der Waals surface area contributed by atoms with E-state index in [1.54, 1.807) is 0 Å². The van der Waals surface area contributed by atoms with Gasteiger partial charge in [0.1, 0.15) is 0 Å². The highest BCUT2D eigenvalue weighted by atomic mass is 32.2. The van der Waals surface area contributed by atoms with Gasteiger partial charge in [0.15, 0.2) is 0 Å². The van der Waals surface area contributed by atoms with Crippen LogP contribution in [0, 0.1) is 0 Å². The zero-order valence-corrected chi connectivity index (χ0v) is 20.0. The molecule has 4 rings (SSSR count). The Morgan fingerprint density at radius 2 is 1.50 bits per heavy atom. The fourth-order valence-electron chi connectivity index (χ4n) is 4.52. The molecule has 0 spiro atoms. The fraction of sp³-hybridized carbons (Fsp3) is 0.478. The molecule has 1 saturated heterocycles. The first kappa shape index (κ1) is 23.4. The Balaban J connectivity index is 1.41. The van der Waals surface area contributed by atoms with Crippen molar-refractivity contribution in [2.75, 3.05) is 26.2 Å². The second-order valence-electron chi connectivity index (χ2n) is 8.49. The lowest BCUT2D eigenvalue weighted by molar-refractivity contribution is 0.175. The van der Waals surface area contributed by atoms with Gasteiger partial charge in [-0.2, -0.15) is 4.31 Å². The van der Waals surface area contributed by atoms with Crippen molar-refractivity contribution < 1.29 is 16.8 Å². The molecule has 0 radical (unpaired) electrons. The van der Waals surface area contributed by atoms with Crippen LogP contribution in [0.4, 0.5) is 0 Å². The largest absolute Gasteiger partial charge is 0.295 e. The number of benzene rings is 2. The lowest BCUT2D eigenvalue weighted by Crippen LogP contribution is -2.45. The van der Waals surface area contributed by atoms with Crippen molar-refractivity contribution in [1.82, 2.24) is 13.9 Å². The van der Waals surface area contributed by atoms with Crippen LogP contribution in [0.25, 0.3) is 0 Å². The van der Waals surface area contributed by atoms with Gasteiger partial charge in [0.2, 0.25) is 20.0 Å². The summed E-state index contributed by atoms with van der Waals surface area (Å²) in [4.78, 5) is 2.55. The van der Waals surface area contributed by atoms with Gasteiger partial charge in [-0.05, 0) is 61.1 Å². The first-order chi connectivity index (χ1) is 15.3. The molecule has 2 aliphatic rings. The third-order valence-corrected chi connectivity index (χ3v) is 9.85. The Kier molecular flexibility index (Phi) is 7.02. The van der Waals surface area contributed by atoms with Crippen LogP contribution in [0.1, 0.15) is 37.3 Å². The van der Waals surface area contributed by atoms with E-state index in [0.717, 1.165) is 38.8 Å². The normalized spacial score (nSPS) is 19.0. The van der Waals surface area contributed by atoms with E-state index in [2.05, 4.69) is 34.7 Å². The van der Waals surface area contributed by atoms with Crippen molar-refractivity contribution >= 4 is 20.0 Å². The van der Waals surface area contributed by atoms with E-state index >= 15 is 0 Å². The average molecular weight is 478 g/mol. The number of sulfonamides is 2. The number of hydrogen-bond acceptors (Lipinski definition) is 5. The number of hydrogen-bond donors (Lipinski definition) is 1. The minimum Gasteiger partial charge on any atom is -0.295 e. The Labute approximate surface area is 191 Å². The van der Waals surface area contributed by atoms with Gasteiger partial charge in [-0.15, -0.1) is 0 Å². The van der Waals surface area contributed by atoms with Crippen molar-refractivity contribution in [1.29, 1.82) is 0 Å². The zero-order chi connectivity index (χ0) is 22.8. The molecule has 174 valence electrons. The number of nitrogens with zero attached hydrogens (tertiary/aromatic N) is 2. The van der Waals surface area contributed by atoms with Crippen LogP contribution < -0.4 is 4.72 Å². The maximum atomic E-state index is 12.9. The predicted octanol–water partition coefficient (Wildman–Crippen LogP) is 2.59.